The summed E-state index contributed by atoms with van der Waals surface area (Å²) in [7, 11) is -1.73. The number of benzene rings is 2. The van der Waals surface area contributed by atoms with E-state index >= 15 is 0 Å². The highest BCUT2D eigenvalue weighted by Crippen LogP contribution is 2.19. The first-order valence-corrected chi connectivity index (χ1v) is 10.2. The van der Waals surface area contributed by atoms with Crippen molar-refractivity contribution < 1.29 is 17.9 Å². The van der Waals surface area contributed by atoms with Gasteiger partial charge in [-0.2, -0.15) is 0 Å². The van der Waals surface area contributed by atoms with Gasteiger partial charge in [0.2, 0.25) is 15.9 Å². The van der Waals surface area contributed by atoms with Crippen molar-refractivity contribution in [1.82, 2.24) is 4.90 Å². The van der Waals surface area contributed by atoms with Gasteiger partial charge in [-0.25, -0.2) is 13.6 Å². The molecule has 1 fully saturated rings. The van der Waals surface area contributed by atoms with Crippen LogP contribution in [0.2, 0.25) is 0 Å². The van der Waals surface area contributed by atoms with Gasteiger partial charge in [-0.15, -0.1) is 0 Å². The van der Waals surface area contributed by atoms with Crippen molar-refractivity contribution in [3.63, 3.8) is 0 Å². The average molecular weight is 389 g/mol. The van der Waals surface area contributed by atoms with Gasteiger partial charge >= 0.3 is 0 Å². The zero-order chi connectivity index (χ0) is 19.4. The first-order chi connectivity index (χ1) is 12.8. The minimum atomic E-state index is -3.81. The monoisotopic (exact) mass is 389 g/mol. The van der Waals surface area contributed by atoms with Crippen molar-refractivity contribution in [2.45, 2.75) is 23.8 Å². The molecule has 27 heavy (non-hydrogen) atoms. The Bertz CT molecular complexity index is 913. The number of amides is 1. The molecule has 1 unspecified atom stereocenters. The van der Waals surface area contributed by atoms with E-state index in [0.29, 0.717) is 5.69 Å². The van der Waals surface area contributed by atoms with E-state index in [-0.39, 0.29) is 23.3 Å². The van der Waals surface area contributed by atoms with Crippen molar-refractivity contribution in [1.29, 1.82) is 0 Å². The van der Waals surface area contributed by atoms with E-state index in [1.807, 2.05) is 24.3 Å². The quantitative estimate of drug-likeness (QED) is 0.781. The standard InChI is InChI=1S/C19H23N3O4S/c1-22-10-9-17(13-22)26-16-7-5-14(6-8-16)11-19(23)21-15-3-2-4-18(12-15)27(20,24)25/h2-8,12,17H,9-11,13H2,1H3,(H,21,23)(H2,20,24,25). The van der Waals surface area contributed by atoms with Crippen LogP contribution < -0.4 is 15.2 Å². The van der Waals surface area contributed by atoms with Crippen LogP contribution in [0.3, 0.4) is 0 Å². The van der Waals surface area contributed by atoms with E-state index in [9.17, 15) is 13.2 Å². The second-order valence-corrected chi connectivity index (χ2v) is 8.29. The maximum atomic E-state index is 12.2. The normalized spacial score (nSPS) is 17.6. The van der Waals surface area contributed by atoms with E-state index in [1.165, 1.54) is 18.2 Å². The summed E-state index contributed by atoms with van der Waals surface area (Å²) in [6.07, 6.45) is 1.39. The zero-order valence-corrected chi connectivity index (χ0v) is 15.9. The lowest BCUT2D eigenvalue weighted by atomic mass is 10.1. The fourth-order valence-corrected chi connectivity index (χ4v) is 3.57. The van der Waals surface area contributed by atoms with E-state index < -0.39 is 10.0 Å². The fraction of sp³-hybridized carbons (Fsp3) is 0.316. The molecular weight excluding hydrogens is 366 g/mol. The number of likely N-dealkylation sites (tertiary alicyclic amines) is 1. The van der Waals surface area contributed by atoms with Crippen molar-refractivity contribution >= 4 is 21.6 Å². The van der Waals surface area contributed by atoms with Crippen molar-refractivity contribution in [3.05, 3.63) is 54.1 Å². The second-order valence-electron chi connectivity index (χ2n) is 6.73. The van der Waals surface area contributed by atoms with Crippen LogP contribution in [0.1, 0.15) is 12.0 Å². The maximum Gasteiger partial charge on any atom is 0.238 e. The van der Waals surface area contributed by atoms with E-state index in [0.717, 1.165) is 30.8 Å². The smallest absolute Gasteiger partial charge is 0.238 e. The number of hydrogen-bond acceptors (Lipinski definition) is 5. The molecule has 3 N–H and O–H groups in total. The number of hydrogen-bond donors (Lipinski definition) is 2. The number of ether oxygens (including phenoxy) is 1. The van der Waals surface area contributed by atoms with Crippen LogP contribution in [-0.4, -0.2) is 45.5 Å². The molecule has 0 radical (unpaired) electrons. The predicted octanol–water partition coefficient (Wildman–Crippen LogP) is 1.60. The van der Waals surface area contributed by atoms with Gasteiger partial charge in [-0.1, -0.05) is 18.2 Å². The summed E-state index contributed by atoms with van der Waals surface area (Å²) in [6.45, 7) is 1.96. The molecule has 7 nitrogen and oxygen atoms in total. The number of nitrogens with two attached hydrogens (primary N) is 1. The molecule has 144 valence electrons. The molecule has 1 amide bonds. The van der Waals surface area contributed by atoms with Gasteiger partial charge in [0, 0.05) is 18.8 Å². The molecule has 2 aromatic carbocycles. The van der Waals surface area contributed by atoms with Gasteiger partial charge < -0.3 is 15.0 Å². The molecule has 1 atom stereocenters. The third-order valence-corrected chi connectivity index (χ3v) is 5.30. The van der Waals surface area contributed by atoms with Crippen LogP contribution in [0.15, 0.2) is 53.4 Å². The minimum absolute atomic E-state index is 0.0423. The van der Waals surface area contributed by atoms with Gasteiger partial charge in [0.25, 0.3) is 0 Å². The van der Waals surface area contributed by atoms with Crippen LogP contribution in [0.25, 0.3) is 0 Å². The first-order valence-electron chi connectivity index (χ1n) is 8.66. The van der Waals surface area contributed by atoms with Crippen molar-refractivity contribution in [2.75, 3.05) is 25.5 Å². The fourth-order valence-electron chi connectivity index (χ4n) is 3.01. The second kappa shape index (κ2) is 8.08. The molecule has 0 aliphatic carbocycles. The third kappa shape index (κ3) is 5.53. The summed E-state index contributed by atoms with van der Waals surface area (Å²) in [5.74, 6) is 0.549. The SMILES string of the molecule is CN1CCC(Oc2ccc(CC(=O)Nc3cccc(S(N)(=O)=O)c3)cc2)C1. The van der Waals surface area contributed by atoms with Crippen LogP contribution in [0.4, 0.5) is 5.69 Å². The molecule has 0 aromatic heterocycles. The Balaban J connectivity index is 1.56. The molecule has 3 rings (SSSR count). The lowest BCUT2D eigenvalue weighted by Crippen LogP contribution is -2.21. The number of nitrogens with one attached hydrogen (secondary N) is 1. The number of sulfonamides is 1. The zero-order valence-electron chi connectivity index (χ0n) is 15.1. The number of primary sulfonamides is 1. The lowest BCUT2D eigenvalue weighted by Gasteiger charge is -2.14. The summed E-state index contributed by atoms with van der Waals surface area (Å²) in [4.78, 5) is 14.4. The largest absolute Gasteiger partial charge is 0.489 e. The number of likely N-dealkylation sites (N-methyl/N-ethyl adjacent to an activating group) is 1. The van der Waals surface area contributed by atoms with Crippen molar-refractivity contribution in [2.24, 2.45) is 5.14 Å². The van der Waals surface area contributed by atoms with E-state index in [4.69, 9.17) is 9.88 Å². The molecule has 1 saturated heterocycles. The predicted molar refractivity (Wildman–Crippen MR) is 103 cm³/mol. The Morgan fingerprint density at radius 3 is 2.63 bits per heavy atom. The molecule has 0 spiro atoms. The summed E-state index contributed by atoms with van der Waals surface area (Å²) >= 11 is 0. The first kappa shape index (κ1) is 19.3. The van der Waals surface area contributed by atoms with Crippen LogP contribution >= 0.6 is 0 Å². The van der Waals surface area contributed by atoms with Gasteiger partial charge in [-0.3, -0.25) is 4.79 Å². The number of carbonyl (C=O) groups is 1. The molecule has 0 bridgehead atoms. The van der Waals surface area contributed by atoms with Crippen LogP contribution in [-0.2, 0) is 21.2 Å². The maximum absolute atomic E-state index is 12.2. The van der Waals surface area contributed by atoms with Gasteiger partial charge in [0.1, 0.15) is 11.9 Å². The summed E-state index contributed by atoms with van der Waals surface area (Å²) in [5, 5.41) is 7.79. The molecule has 0 saturated carbocycles. The molecule has 8 heteroatoms. The third-order valence-electron chi connectivity index (χ3n) is 4.39. The highest BCUT2D eigenvalue weighted by atomic mass is 32.2. The molecule has 1 heterocycles. The highest BCUT2D eigenvalue weighted by molar-refractivity contribution is 7.89. The highest BCUT2D eigenvalue weighted by Gasteiger charge is 2.20. The van der Waals surface area contributed by atoms with Crippen molar-refractivity contribution in [3.8, 4) is 5.75 Å². The molecule has 2 aromatic rings. The Morgan fingerprint density at radius 1 is 1.26 bits per heavy atom. The topological polar surface area (TPSA) is 102 Å². The Hall–Kier alpha value is -2.42. The number of anilines is 1. The molecular formula is C19H23N3O4S. The molecule has 1 aliphatic rings. The number of rotatable bonds is 6. The van der Waals surface area contributed by atoms with Crippen LogP contribution in [0, 0.1) is 0 Å². The van der Waals surface area contributed by atoms with Gasteiger partial charge in [0.05, 0.1) is 11.3 Å². The van der Waals surface area contributed by atoms with Crippen LogP contribution in [0.5, 0.6) is 5.75 Å². The average Bonchev–Trinajstić information content (AvgIpc) is 3.01. The summed E-state index contributed by atoms with van der Waals surface area (Å²) in [5.41, 5.74) is 1.22. The van der Waals surface area contributed by atoms with E-state index in [2.05, 4.69) is 17.3 Å². The Kier molecular flexibility index (Phi) is 5.79. The summed E-state index contributed by atoms with van der Waals surface area (Å²) in [6, 6.07) is 13.3. The van der Waals surface area contributed by atoms with Gasteiger partial charge in [0.15, 0.2) is 0 Å². The molecule has 1 aliphatic heterocycles. The minimum Gasteiger partial charge on any atom is -0.489 e. The lowest BCUT2D eigenvalue weighted by molar-refractivity contribution is -0.115. The number of carbonyl (C=O) groups excluding carboxylic acids is 1. The number of nitrogens with zero attached hydrogens (tertiary/aromatic N) is 1. The Morgan fingerprint density at radius 2 is 2.00 bits per heavy atom. The summed E-state index contributed by atoms with van der Waals surface area (Å²) < 4.78 is 28.7. The van der Waals surface area contributed by atoms with E-state index in [1.54, 1.807) is 6.07 Å². The van der Waals surface area contributed by atoms with Gasteiger partial charge in [-0.05, 0) is 49.4 Å². The Labute approximate surface area is 159 Å².